The lowest BCUT2D eigenvalue weighted by molar-refractivity contribution is 0.395. The largest absolute Gasteiger partial charge is 0.480 e. The van der Waals surface area contributed by atoms with E-state index in [-0.39, 0.29) is 6.04 Å². The van der Waals surface area contributed by atoms with E-state index in [4.69, 9.17) is 10.5 Å². The molecule has 0 saturated carbocycles. The molecule has 1 atom stereocenters. The fourth-order valence-electron chi connectivity index (χ4n) is 0.991. The fraction of sp³-hybridized carbons (Fsp3) is 0.556. The molecule has 1 rings (SSSR count). The van der Waals surface area contributed by atoms with Gasteiger partial charge in [-0.05, 0) is 6.92 Å². The van der Waals surface area contributed by atoms with Gasteiger partial charge in [-0.15, -0.1) is 0 Å². The quantitative estimate of drug-likeness (QED) is 0.748. The Balaban J connectivity index is 2.83. The van der Waals surface area contributed by atoms with E-state index in [1.807, 2.05) is 18.9 Å². The number of aromatic nitrogens is 2. The first-order valence-electron chi connectivity index (χ1n) is 4.48. The van der Waals surface area contributed by atoms with Crippen LogP contribution in [0.1, 0.15) is 6.92 Å². The Hall–Kier alpha value is -1.36. The summed E-state index contributed by atoms with van der Waals surface area (Å²) in [5.41, 5.74) is 5.56. The van der Waals surface area contributed by atoms with Gasteiger partial charge in [0.25, 0.3) is 0 Å². The number of methoxy groups -OCH3 is 1. The van der Waals surface area contributed by atoms with Crippen molar-refractivity contribution >= 4 is 5.82 Å². The van der Waals surface area contributed by atoms with Crippen molar-refractivity contribution in [2.75, 3.05) is 25.6 Å². The summed E-state index contributed by atoms with van der Waals surface area (Å²) in [4.78, 5) is 10.2. The van der Waals surface area contributed by atoms with E-state index < -0.39 is 0 Å². The summed E-state index contributed by atoms with van der Waals surface area (Å²) in [7, 11) is 3.50. The van der Waals surface area contributed by atoms with Gasteiger partial charge in [0.2, 0.25) is 5.88 Å². The average molecular weight is 196 g/mol. The van der Waals surface area contributed by atoms with Crippen LogP contribution in [0.3, 0.4) is 0 Å². The number of nitrogens with two attached hydrogens (primary N) is 1. The molecule has 0 bridgehead atoms. The first-order valence-corrected chi connectivity index (χ1v) is 4.48. The standard InChI is InChI=1S/C9H16N4O/c1-7(4-10)13(2)8-5-11-6-9(12-8)14-3/h5-7H,4,10H2,1-3H3. The first-order chi connectivity index (χ1) is 6.69. The maximum atomic E-state index is 5.56. The van der Waals surface area contributed by atoms with E-state index in [2.05, 4.69) is 9.97 Å². The molecule has 1 aromatic rings. The second kappa shape index (κ2) is 4.76. The van der Waals surface area contributed by atoms with Gasteiger partial charge >= 0.3 is 0 Å². The molecule has 0 spiro atoms. The molecule has 5 heteroatoms. The molecular weight excluding hydrogens is 180 g/mol. The molecule has 0 radical (unpaired) electrons. The summed E-state index contributed by atoms with van der Waals surface area (Å²) >= 11 is 0. The molecule has 0 aliphatic heterocycles. The third-order valence-corrected chi connectivity index (χ3v) is 2.17. The second-order valence-electron chi connectivity index (χ2n) is 3.12. The molecule has 0 aliphatic rings. The average Bonchev–Trinajstić information content (AvgIpc) is 2.27. The predicted octanol–water partition coefficient (Wildman–Crippen LogP) is 0.269. The van der Waals surface area contributed by atoms with Gasteiger partial charge in [0, 0.05) is 19.6 Å². The molecule has 14 heavy (non-hydrogen) atoms. The van der Waals surface area contributed by atoms with Gasteiger partial charge in [-0.1, -0.05) is 0 Å². The molecule has 78 valence electrons. The van der Waals surface area contributed by atoms with Gasteiger partial charge in [0.15, 0.2) is 5.82 Å². The Morgan fingerprint density at radius 1 is 1.57 bits per heavy atom. The highest BCUT2D eigenvalue weighted by molar-refractivity contribution is 5.37. The van der Waals surface area contributed by atoms with Crippen molar-refractivity contribution in [1.82, 2.24) is 9.97 Å². The van der Waals surface area contributed by atoms with Gasteiger partial charge in [0.05, 0.1) is 19.5 Å². The Labute approximate surface area is 83.9 Å². The molecule has 1 unspecified atom stereocenters. The van der Waals surface area contributed by atoms with Gasteiger partial charge in [-0.3, -0.25) is 4.98 Å². The van der Waals surface area contributed by atoms with Crippen molar-refractivity contribution < 1.29 is 4.74 Å². The van der Waals surface area contributed by atoms with Crippen molar-refractivity contribution in [3.63, 3.8) is 0 Å². The molecule has 0 aliphatic carbocycles. The highest BCUT2D eigenvalue weighted by Crippen LogP contribution is 2.13. The van der Waals surface area contributed by atoms with Crippen LogP contribution in [-0.4, -0.2) is 36.7 Å². The normalized spacial score (nSPS) is 12.3. The summed E-state index contributed by atoms with van der Waals surface area (Å²) in [6, 6.07) is 0.233. The zero-order valence-corrected chi connectivity index (χ0v) is 8.77. The number of rotatable bonds is 4. The van der Waals surface area contributed by atoms with E-state index in [1.54, 1.807) is 19.5 Å². The summed E-state index contributed by atoms with van der Waals surface area (Å²) in [6.07, 6.45) is 3.26. The highest BCUT2D eigenvalue weighted by Gasteiger charge is 2.10. The Bertz CT molecular complexity index is 292. The Kier molecular flexibility index (Phi) is 3.64. The van der Waals surface area contributed by atoms with Crippen LogP contribution >= 0.6 is 0 Å². The lowest BCUT2D eigenvalue weighted by Crippen LogP contribution is -2.35. The molecule has 0 amide bonds. The summed E-state index contributed by atoms with van der Waals surface area (Å²) in [5.74, 6) is 1.28. The SMILES string of the molecule is COc1cncc(N(C)C(C)CN)n1. The lowest BCUT2D eigenvalue weighted by atomic mass is 10.3. The summed E-state index contributed by atoms with van der Waals surface area (Å²) in [6.45, 7) is 2.61. The van der Waals surface area contributed by atoms with Crippen LogP contribution in [0.2, 0.25) is 0 Å². The van der Waals surface area contributed by atoms with Gasteiger partial charge in [-0.25, -0.2) is 0 Å². The molecule has 0 saturated heterocycles. The third kappa shape index (κ3) is 2.32. The molecule has 0 fully saturated rings. The minimum absolute atomic E-state index is 0.233. The highest BCUT2D eigenvalue weighted by atomic mass is 16.5. The first kappa shape index (κ1) is 10.7. The van der Waals surface area contributed by atoms with Crippen LogP contribution in [-0.2, 0) is 0 Å². The molecule has 1 heterocycles. The minimum atomic E-state index is 0.233. The smallest absolute Gasteiger partial charge is 0.233 e. The van der Waals surface area contributed by atoms with Crippen LogP contribution in [0.5, 0.6) is 5.88 Å². The Morgan fingerprint density at radius 3 is 2.86 bits per heavy atom. The van der Waals surface area contributed by atoms with E-state index in [1.165, 1.54) is 0 Å². The minimum Gasteiger partial charge on any atom is -0.480 e. The van der Waals surface area contributed by atoms with Crippen LogP contribution in [0.4, 0.5) is 5.82 Å². The number of hydrogen-bond acceptors (Lipinski definition) is 5. The van der Waals surface area contributed by atoms with Gasteiger partial charge in [0.1, 0.15) is 0 Å². The zero-order valence-electron chi connectivity index (χ0n) is 8.77. The van der Waals surface area contributed by atoms with Crippen molar-refractivity contribution in [2.45, 2.75) is 13.0 Å². The van der Waals surface area contributed by atoms with Crippen molar-refractivity contribution in [2.24, 2.45) is 5.73 Å². The number of ether oxygens (including phenoxy) is 1. The maximum Gasteiger partial charge on any atom is 0.233 e. The monoisotopic (exact) mass is 196 g/mol. The van der Waals surface area contributed by atoms with Crippen LogP contribution in [0.25, 0.3) is 0 Å². The van der Waals surface area contributed by atoms with Gasteiger partial charge < -0.3 is 15.4 Å². The lowest BCUT2D eigenvalue weighted by Gasteiger charge is -2.24. The summed E-state index contributed by atoms with van der Waals surface area (Å²) < 4.78 is 4.99. The van der Waals surface area contributed by atoms with Crippen LogP contribution < -0.4 is 15.4 Å². The molecule has 0 aromatic carbocycles. The number of likely N-dealkylation sites (N-methyl/N-ethyl adjacent to an activating group) is 1. The number of nitrogens with zero attached hydrogens (tertiary/aromatic N) is 3. The van der Waals surface area contributed by atoms with Gasteiger partial charge in [-0.2, -0.15) is 4.98 Å². The van der Waals surface area contributed by atoms with Crippen molar-refractivity contribution in [3.05, 3.63) is 12.4 Å². The van der Waals surface area contributed by atoms with E-state index in [0.29, 0.717) is 12.4 Å². The van der Waals surface area contributed by atoms with Crippen LogP contribution in [0, 0.1) is 0 Å². The molecular formula is C9H16N4O. The van der Waals surface area contributed by atoms with Crippen molar-refractivity contribution in [3.8, 4) is 5.88 Å². The summed E-state index contributed by atoms with van der Waals surface area (Å²) in [5, 5.41) is 0. The topological polar surface area (TPSA) is 64.3 Å². The number of hydrogen-bond donors (Lipinski definition) is 1. The third-order valence-electron chi connectivity index (χ3n) is 2.17. The van der Waals surface area contributed by atoms with E-state index in [9.17, 15) is 0 Å². The molecule has 1 aromatic heterocycles. The van der Waals surface area contributed by atoms with Crippen molar-refractivity contribution in [1.29, 1.82) is 0 Å². The number of anilines is 1. The predicted molar refractivity (Wildman–Crippen MR) is 55.5 cm³/mol. The maximum absolute atomic E-state index is 5.56. The van der Waals surface area contributed by atoms with E-state index >= 15 is 0 Å². The fourth-order valence-corrected chi connectivity index (χ4v) is 0.991. The zero-order chi connectivity index (χ0) is 10.6. The van der Waals surface area contributed by atoms with Crippen LogP contribution in [0.15, 0.2) is 12.4 Å². The van der Waals surface area contributed by atoms with E-state index in [0.717, 1.165) is 5.82 Å². The molecule has 5 nitrogen and oxygen atoms in total. The second-order valence-corrected chi connectivity index (χ2v) is 3.12. The molecule has 2 N–H and O–H groups in total. The Morgan fingerprint density at radius 2 is 2.29 bits per heavy atom.